The van der Waals surface area contributed by atoms with Gasteiger partial charge in [0.2, 0.25) is 0 Å². The minimum Gasteiger partial charge on any atom is -0.493 e. The zero-order valence-electron chi connectivity index (χ0n) is 14.5. The van der Waals surface area contributed by atoms with Crippen molar-refractivity contribution < 1.29 is 9.47 Å². The summed E-state index contributed by atoms with van der Waals surface area (Å²) >= 11 is 1.75. The zero-order chi connectivity index (χ0) is 17.7. The van der Waals surface area contributed by atoms with Gasteiger partial charge in [-0.3, -0.25) is 0 Å². The molecule has 130 valence electrons. The highest BCUT2D eigenvalue weighted by Crippen LogP contribution is 2.52. The number of hydrogen-bond acceptors (Lipinski definition) is 3. The fourth-order valence-corrected chi connectivity index (χ4v) is 4.99. The molecule has 1 aliphatic rings. The Kier molecular flexibility index (Phi) is 3.50. The van der Waals surface area contributed by atoms with Gasteiger partial charge in [-0.25, -0.2) is 0 Å². The molecule has 0 aliphatic carbocycles. The molecule has 0 saturated carbocycles. The molecule has 2 aromatic heterocycles. The molecular formula is C21H18N2O2S. The number of H-pyrrole nitrogens is 2. The van der Waals surface area contributed by atoms with Gasteiger partial charge in [0.25, 0.3) is 0 Å². The molecule has 0 saturated heterocycles. The number of nitrogens with one attached hydrogen (secondary N) is 2. The number of rotatable bonds is 3. The van der Waals surface area contributed by atoms with Crippen LogP contribution < -0.4 is 9.47 Å². The second-order valence-electron chi connectivity index (χ2n) is 6.32. The normalized spacial score (nSPS) is 15.5. The van der Waals surface area contributed by atoms with E-state index < -0.39 is 0 Å². The molecule has 0 amide bonds. The molecule has 1 aliphatic heterocycles. The van der Waals surface area contributed by atoms with Crippen LogP contribution >= 0.6 is 11.8 Å². The van der Waals surface area contributed by atoms with Crippen molar-refractivity contribution in [3.05, 3.63) is 71.5 Å². The molecular weight excluding hydrogens is 344 g/mol. The highest BCUT2D eigenvalue weighted by molar-refractivity contribution is 7.99. The first-order valence-corrected chi connectivity index (χ1v) is 9.29. The molecule has 4 nitrogen and oxygen atoms in total. The number of aromatic nitrogens is 2. The Labute approximate surface area is 155 Å². The first-order chi connectivity index (χ1) is 12.8. The second-order valence-corrected chi connectivity index (χ2v) is 7.37. The molecule has 5 heteroatoms. The predicted octanol–water partition coefficient (Wildman–Crippen LogP) is 5.16. The van der Waals surface area contributed by atoms with Gasteiger partial charge in [0, 0.05) is 33.3 Å². The maximum absolute atomic E-state index is 5.57. The fourth-order valence-electron chi connectivity index (χ4n) is 3.81. The Bertz CT molecular complexity index is 1100. The van der Waals surface area contributed by atoms with E-state index in [0.717, 1.165) is 17.0 Å². The maximum Gasteiger partial charge on any atom is 0.161 e. The van der Waals surface area contributed by atoms with E-state index >= 15 is 0 Å². The Balaban J connectivity index is 1.82. The molecule has 1 atom stereocenters. The van der Waals surface area contributed by atoms with E-state index in [1.165, 1.54) is 32.1 Å². The number of fused-ring (bicyclic) bond motifs is 4. The van der Waals surface area contributed by atoms with Gasteiger partial charge in [0.05, 0.1) is 25.2 Å². The predicted molar refractivity (Wildman–Crippen MR) is 104 cm³/mol. The van der Waals surface area contributed by atoms with E-state index in [9.17, 15) is 0 Å². The molecule has 0 bridgehead atoms. The number of methoxy groups -OCH3 is 2. The maximum atomic E-state index is 5.57. The van der Waals surface area contributed by atoms with Crippen LogP contribution in [0.4, 0.5) is 0 Å². The lowest BCUT2D eigenvalue weighted by atomic mass is 9.87. The van der Waals surface area contributed by atoms with Crippen molar-refractivity contribution in [2.24, 2.45) is 0 Å². The van der Waals surface area contributed by atoms with Gasteiger partial charge in [-0.2, -0.15) is 0 Å². The third-order valence-electron chi connectivity index (χ3n) is 4.97. The molecule has 0 fully saturated rings. The second kappa shape index (κ2) is 5.88. The third kappa shape index (κ3) is 2.17. The lowest BCUT2D eigenvalue weighted by molar-refractivity contribution is 0.353. The third-order valence-corrected chi connectivity index (χ3v) is 6.07. The summed E-state index contributed by atoms with van der Waals surface area (Å²) in [4.78, 5) is 8.19. The van der Waals surface area contributed by atoms with Crippen LogP contribution in [-0.2, 0) is 0 Å². The molecule has 0 spiro atoms. The van der Waals surface area contributed by atoms with E-state index in [2.05, 4.69) is 52.4 Å². The zero-order valence-corrected chi connectivity index (χ0v) is 15.3. The Morgan fingerprint density at radius 3 is 2.54 bits per heavy atom. The van der Waals surface area contributed by atoms with E-state index in [-0.39, 0.29) is 5.92 Å². The molecule has 26 heavy (non-hydrogen) atoms. The summed E-state index contributed by atoms with van der Waals surface area (Å²) in [5, 5.41) is 2.44. The highest BCUT2D eigenvalue weighted by Gasteiger charge is 2.33. The van der Waals surface area contributed by atoms with Crippen LogP contribution in [0.25, 0.3) is 10.9 Å². The average Bonchev–Trinajstić information content (AvgIpc) is 3.32. The van der Waals surface area contributed by atoms with Gasteiger partial charge in [0.1, 0.15) is 0 Å². The van der Waals surface area contributed by atoms with Gasteiger partial charge >= 0.3 is 0 Å². The van der Waals surface area contributed by atoms with Crippen molar-refractivity contribution in [3.63, 3.8) is 0 Å². The molecule has 2 N–H and O–H groups in total. The van der Waals surface area contributed by atoms with Crippen molar-refractivity contribution in [1.82, 2.24) is 9.97 Å². The minimum absolute atomic E-state index is 0.118. The fraction of sp³-hybridized carbons (Fsp3) is 0.143. The molecule has 3 heterocycles. The monoisotopic (exact) mass is 362 g/mol. The van der Waals surface area contributed by atoms with Crippen molar-refractivity contribution in [1.29, 1.82) is 0 Å². The molecule has 2 aromatic carbocycles. The summed E-state index contributed by atoms with van der Waals surface area (Å²) in [6.45, 7) is 0. The quantitative estimate of drug-likeness (QED) is 0.466. The van der Waals surface area contributed by atoms with Gasteiger partial charge in [-0.15, -0.1) is 0 Å². The van der Waals surface area contributed by atoms with Gasteiger partial charge in [-0.05, 0) is 35.9 Å². The molecule has 4 aromatic rings. The van der Waals surface area contributed by atoms with Crippen molar-refractivity contribution in [2.45, 2.75) is 15.8 Å². The smallest absolute Gasteiger partial charge is 0.161 e. The van der Waals surface area contributed by atoms with E-state index in [0.29, 0.717) is 0 Å². The van der Waals surface area contributed by atoms with Crippen molar-refractivity contribution in [2.75, 3.05) is 14.2 Å². The summed E-state index contributed by atoms with van der Waals surface area (Å²) in [5.74, 6) is 1.63. The molecule has 5 rings (SSSR count). The number of aromatic amines is 2. The first kappa shape index (κ1) is 15.5. The molecule has 1 unspecified atom stereocenters. The lowest BCUT2D eigenvalue weighted by Gasteiger charge is -2.26. The molecule has 0 radical (unpaired) electrons. The van der Waals surface area contributed by atoms with Crippen molar-refractivity contribution in [3.8, 4) is 11.5 Å². The van der Waals surface area contributed by atoms with Crippen molar-refractivity contribution >= 4 is 22.7 Å². The summed E-state index contributed by atoms with van der Waals surface area (Å²) < 4.78 is 11.1. The number of ether oxygens (including phenoxy) is 2. The Hall–Kier alpha value is -2.79. The number of hydrogen-bond donors (Lipinski definition) is 2. The summed E-state index contributed by atoms with van der Waals surface area (Å²) in [6, 6.07) is 16.9. The minimum atomic E-state index is 0.118. The van der Waals surface area contributed by atoms with Gasteiger partial charge in [-0.1, -0.05) is 30.0 Å². The van der Waals surface area contributed by atoms with E-state index in [1.807, 2.05) is 12.3 Å². The number of benzene rings is 2. The van der Waals surface area contributed by atoms with E-state index in [1.54, 1.807) is 26.0 Å². The van der Waals surface area contributed by atoms with E-state index in [4.69, 9.17) is 9.47 Å². The largest absolute Gasteiger partial charge is 0.493 e. The number of para-hydroxylation sites is 1. The van der Waals surface area contributed by atoms with Gasteiger partial charge in [0.15, 0.2) is 11.5 Å². The lowest BCUT2D eigenvalue weighted by Crippen LogP contribution is -2.10. The summed E-state index contributed by atoms with van der Waals surface area (Å²) in [5.41, 5.74) is 4.87. The Morgan fingerprint density at radius 1 is 0.962 bits per heavy atom. The van der Waals surface area contributed by atoms with Crippen LogP contribution in [0.2, 0.25) is 0 Å². The summed E-state index contributed by atoms with van der Waals surface area (Å²) in [6.07, 6.45) is 1.98. The summed E-state index contributed by atoms with van der Waals surface area (Å²) in [7, 11) is 3.36. The van der Waals surface area contributed by atoms with Crippen LogP contribution in [0, 0.1) is 0 Å². The van der Waals surface area contributed by atoms with Crippen LogP contribution in [-0.4, -0.2) is 24.2 Å². The topological polar surface area (TPSA) is 50.0 Å². The SMILES string of the molecule is COc1cc2c(cc1OC)C(c1ccc[nH]1)c1c([nH]c3ccccc13)S2. The van der Waals surface area contributed by atoms with Crippen LogP contribution in [0.15, 0.2) is 64.6 Å². The Morgan fingerprint density at radius 2 is 1.77 bits per heavy atom. The average molecular weight is 362 g/mol. The van der Waals surface area contributed by atoms with Crippen LogP contribution in [0.5, 0.6) is 11.5 Å². The van der Waals surface area contributed by atoms with Crippen LogP contribution in [0.3, 0.4) is 0 Å². The first-order valence-electron chi connectivity index (χ1n) is 8.48. The van der Waals surface area contributed by atoms with Crippen LogP contribution in [0.1, 0.15) is 22.7 Å². The highest BCUT2D eigenvalue weighted by atomic mass is 32.2. The van der Waals surface area contributed by atoms with Gasteiger partial charge < -0.3 is 19.4 Å². The standard InChI is InChI=1S/C21H18N2O2S/c1-24-16-10-13-18(11-17(16)25-2)26-21-20(19(13)15-8-5-9-22-15)12-6-3-4-7-14(12)23-21/h3-11,19,22-23H,1-2H3.